The van der Waals surface area contributed by atoms with Gasteiger partial charge in [0.1, 0.15) is 17.4 Å². The Kier molecular flexibility index (Phi) is 4.36. The summed E-state index contributed by atoms with van der Waals surface area (Å²) < 4.78 is 32.7. The summed E-state index contributed by atoms with van der Waals surface area (Å²) in [4.78, 5) is 14.0. The molecule has 1 aromatic carbocycles. The number of aliphatic hydroxyl groups excluding tert-OH is 1. The van der Waals surface area contributed by atoms with Crippen LogP contribution in [0.5, 0.6) is 0 Å². The quantitative estimate of drug-likeness (QED) is 0.936. The Morgan fingerprint density at radius 2 is 2.12 bits per heavy atom. The normalized spacial score (nSPS) is 20.8. The van der Waals surface area contributed by atoms with Crippen molar-refractivity contribution in [3.63, 3.8) is 0 Å². The number of aliphatic hydroxyl groups is 1. The molecule has 2 aromatic rings. The first-order valence-corrected chi connectivity index (χ1v) is 7.77. The van der Waals surface area contributed by atoms with E-state index in [0.29, 0.717) is 5.76 Å². The van der Waals surface area contributed by atoms with Gasteiger partial charge in [-0.25, -0.2) is 8.78 Å². The molecule has 24 heavy (non-hydrogen) atoms. The summed E-state index contributed by atoms with van der Waals surface area (Å²) in [6.45, 7) is 3.84. The second kappa shape index (κ2) is 6.32. The largest absolute Gasteiger partial charge is 0.391 e. The number of carbonyl (C=O) groups is 1. The van der Waals surface area contributed by atoms with Gasteiger partial charge in [0.05, 0.1) is 12.1 Å². The van der Waals surface area contributed by atoms with Crippen LogP contribution < -0.4 is 0 Å². The lowest BCUT2D eigenvalue weighted by atomic mass is 10.0. The third-order valence-corrected chi connectivity index (χ3v) is 4.17. The first-order valence-electron chi connectivity index (χ1n) is 7.77. The maximum Gasteiger partial charge on any atom is 0.276 e. The molecule has 1 N–H and O–H groups in total. The van der Waals surface area contributed by atoms with Gasteiger partial charge in [0.2, 0.25) is 0 Å². The highest BCUT2D eigenvalue weighted by molar-refractivity contribution is 5.92. The maximum atomic E-state index is 14.1. The van der Waals surface area contributed by atoms with E-state index in [0.717, 1.165) is 18.2 Å². The third kappa shape index (κ3) is 3.03. The van der Waals surface area contributed by atoms with Crippen molar-refractivity contribution in [3.8, 4) is 0 Å². The van der Waals surface area contributed by atoms with E-state index in [2.05, 4.69) is 5.16 Å². The van der Waals surface area contributed by atoms with Crippen LogP contribution in [0.1, 0.15) is 54.0 Å². The zero-order valence-electron chi connectivity index (χ0n) is 13.4. The number of carbonyl (C=O) groups excluding carboxylic acids is 1. The van der Waals surface area contributed by atoms with E-state index in [1.165, 1.54) is 11.0 Å². The predicted octanol–water partition coefficient (Wildman–Crippen LogP) is 3.02. The minimum absolute atomic E-state index is 0.0311. The highest BCUT2D eigenvalue weighted by atomic mass is 19.1. The Bertz CT molecular complexity index is 760. The fourth-order valence-corrected chi connectivity index (χ4v) is 2.91. The van der Waals surface area contributed by atoms with Gasteiger partial charge in [-0.3, -0.25) is 4.79 Å². The molecule has 5 nitrogen and oxygen atoms in total. The van der Waals surface area contributed by atoms with Crippen LogP contribution in [-0.2, 0) is 0 Å². The lowest BCUT2D eigenvalue weighted by Gasteiger charge is -2.24. The fraction of sp³-hybridized carbons (Fsp3) is 0.412. The van der Waals surface area contributed by atoms with Crippen molar-refractivity contribution in [3.05, 3.63) is 52.9 Å². The number of halogens is 2. The molecule has 1 aliphatic heterocycles. The number of benzene rings is 1. The first kappa shape index (κ1) is 16.6. The molecule has 0 spiro atoms. The van der Waals surface area contributed by atoms with E-state index in [1.807, 2.05) is 13.8 Å². The summed E-state index contributed by atoms with van der Waals surface area (Å²) in [5.74, 6) is -1.05. The molecule has 0 saturated carbocycles. The van der Waals surface area contributed by atoms with E-state index in [1.54, 1.807) is 0 Å². The van der Waals surface area contributed by atoms with Gasteiger partial charge in [-0.05, 0) is 24.6 Å². The molecule has 0 bridgehead atoms. The standard InChI is InChI=1S/C17H18F2N2O3/c1-9(2)16-7-14(20-24-16)17(23)21-8-11(22)6-15(21)12-5-10(18)3-4-13(12)19/h3-5,7,9,11,15,22H,6,8H2,1-2H3. The highest BCUT2D eigenvalue weighted by Crippen LogP contribution is 2.35. The summed E-state index contributed by atoms with van der Waals surface area (Å²) in [7, 11) is 0. The molecule has 1 aromatic heterocycles. The summed E-state index contributed by atoms with van der Waals surface area (Å²) in [5, 5.41) is 13.7. The lowest BCUT2D eigenvalue weighted by molar-refractivity contribution is 0.0703. The molecule has 1 aliphatic rings. The Morgan fingerprint density at radius 3 is 2.79 bits per heavy atom. The van der Waals surface area contributed by atoms with Crippen LogP contribution in [0.4, 0.5) is 8.78 Å². The minimum Gasteiger partial charge on any atom is -0.391 e. The Morgan fingerprint density at radius 1 is 1.38 bits per heavy atom. The van der Waals surface area contributed by atoms with Crippen LogP contribution >= 0.6 is 0 Å². The van der Waals surface area contributed by atoms with E-state index in [-0.39, 0.29) is 30.1 Å². The van der Waals surface area contributed by atoms with Crippen LogP contribution in [0.25, 0.3) is 0 Å². The lowest BCUT2D eigenvalue weighted by Crippen LogP contribution is -2.32. The number of likely N-dealkylation sites (tertiary alicyclic amines) is 1. The molecule has 0 radical (unpaired) electrons. The number of aromatic nitrogens is 1. The number of amides is 1. The SMILES string of the molecule is CC(C)c1cc(C(=O)N2CC(O)CC2c2cc(F)ccc2F)no1. The Hall–Kier alpha value is -2.28. The van der Waals surface area contributed by atoms with Gasteiger partial charge in [0, 0.05) is 24.1 Å². The number of β-amino-alcohol motifs (C(OH)–C–C–N with tert-alkyl or cyclic N) is 1. The summed E-state index contributed by atoms with van der Waals surface area (Å²) in [6.07, 6.45) is -0.667. The van der Waals surface area contributed by atoms with E-state index in [9.17, 15) is 18.7 Å². The van der Waals surface area contributed by atoms with Crippen molar-refractivity contribution in [1.82, 2.24) is 10.1 Å². The highest BCUT2D eigenvalue weighted by Gasteiger charge is 2.38. The molecule has 2 atom stereocenters. The average Bonchev–Trinajstić information content (AvgIpc) is 3.16. The maximum absolute atomic E-state index is 14.1. The Balaban J connectivity index is 1.92. The van der Waals surface area contributed by atoms with Gasteiger partial charge in [-0.2, -0.15) is 0 Å². The van der Waals surface area contributed by atoms with Gasteiger partial charge < -0.3 is 14.5 Å². The van der Waals surface area contributed by atoms with Gasteiger partial charge in [0.25, 0.3) is 5.91 Å². The van der Waals surface area contributed by atoms with Gasteiger partial charge in [-0.1, -0.05) is 19.0 Å². The van der Waals surface area contributed by atoms with E-state index < -0.39 is 29.7 Å². The summed E-state index contributed by atoms with van der Waals surface area (Å²) in [6, 6.07) is 3.88. The van der Waals surface area contributed by atoms with Crippen molar-refractivity contribution in [2.75, 3.05) is 6.54 Å². The third-order valence-electron chi connectivity index (χ3n) is 4.17. The smallest absolute Gasteiger partial charge is 0.276 e. The van der Waals surface area contributed by atoms with Crippen molar-refractivity contribution in [2.24, 2.45) is 0 Å². The second-order valence-corrected chi connectivity index (χ2v) is 6.30. The monoisotopic (exact) mass is 336 g/mol. The van der Waals surface area contributed by atoms with Crippen molar-refractivity contribution in [1.29, 1.82) is 0 Å². The molecule has 3 rings (SSSR count). The summed E-state index contributed by atoms with van der Waals surface area (Å²) in [5.41, 5.74) is 0.141. The molecule has 1 amide bonds. The second-order valence-electron chi connectivity index (χ2n) is 6.30. The van der Waals surface area contributed by atoms with Gasteiger partial charge >= 0.3 is 0 Å². The zero-order chi connectivity index (χ0) is 17.4. The number of nitrogens with zero attached hydrogens (tertiary/aromatic N) is 2. The van der Waals surface area contributed by atoms with Crippen LogP contribution in [0.15, 0.2) is 28.8 Å². The molecule has 2 heterocycles. The molecule has 2 unspecified atom stereocenters. The molecule has 128 valence electrons. The molecule has 0 aliphatic carbocycles. The fourth-order valence-electron chi connectivity index (χ4n) is 2.91. The van der Waals surface area contributed by atoms with Crippen molar-refractivity contribution >= 4 is 5.91 Å². The first-order chi connectivity index (χ1) is 11.4. The molecular formula is C17H18F2N2O3. The Labute approximate surface area is 137 Å². The average molecular weight is 336 g/mol. The van der Waals surface area contributed by atoms with Crippen LogP contribution in [-0.4, -0.2) is 33.7 Å². The predicted molar refractivity (Wildman–Crippen MR) is 81.4 cm³/mol. The zero-order valence-corrected chi connectivity index (χ0v) is 13.4. The van der Waals surface area contributed by atoms with Crippen molar-refractivity contribution in [2.45, 2.75) is 38.3 Å². The van der Waals surface area contributed by atoms with Crippen LogP contribution in [0.3, 0.4) is 0 Å². The van der Waals surface area contributed by atoms with Gasteiger partial charge in [0.15, 0.2) is 5.69 Å². The molecule has 7 heteroatoms. The molecule has 1 fully saturated rings. The molecular weight excluding hydrogens is 318 g/mol. The van der Waals surface area contributed by atoms with Crippen LogP contribution in [0, 0.1) is 11.6 Å². The topological polar surface area (TPSA) is 66.6 Å². The van der Waals surface area contributed by atoms with Gasteiger partial charge in [-0.15, -0.1) is 0 Å². The number of hydrogen-bond acceptors (Lipinski definition) is 4. The van der Waals surface area contributed by atoms with Crippen LogP contribution in [0.2, 0.25) is 0 Å². The van der Waals surface area contributed by atoms with E-state index >= 15 is 0 Å². The number of hydrogen-bond donors (Lipinski definition) is 1. The molecule has 1 saturated heterocycles. The summed E-state index contributed by atoms with van der Waals surface area (Å²) >= 11 is 0. The van der Waals surface area contributed by atoms with E-state index in [4.69, 9.17) is 4.52 Å². The minimum atomic E-state index is -0.807. The number of rotatable bonds is 3. The van der Waals surface area contributed by atoms with Crippen molar-refractivity contribution < 1.29 is 23.2 Å².